The smallest absolute Gasteiger partial charge is 0.323 e. The second-order valence-corrected chi connectivity index (χ2v) is 6.96. The maximum Gasteiger partial charge on any atom is 0.323 e. The quantitative estimate of drug-likeness (QED) is 0.857. The highest BCUT2D eigenvalue weighted by Crippen LogP contribution is 2.17. The summed E-state index contributed by atoms with van der Waals surface area (Å²) in [5, 5.41) is 7.58. The lowest BCUT2D eigenvalue weighted by Gasteiger charge is -2.32. The van der Waals surface area contributed by atoms with E-state index in [2.05, 4.69) is 20.5 Å². The number of halogens is 1. The van der Waals surface area contributed by atoms with Crippen molar-refractivity contribution in [2.75, 3.05) is 43.9 Å². The van der Waals surface area contributed by atoms with Crippen molar-refractivity contribution in [1.29, 1.82) is 0 Å². The second-order valence-electron chi connectivity index (χ2n) is 6.10. The SMILES string of the molecule is CN1CCN(C(=O)Nc2nc(CC(=O)Nc3cccc(F)c3)cs2)CC1. The summed E-state index contributed by atoms with van der Waals surface area (Å²) < 4.78 is 13.1. The topological polar surface area (TPSA) is 77.6 Å². The Hall–Kier alpha value is -2.52. The molecule has 2 heterocycles. The van der Waals surface area contributed by atoms with E-state index >= 15 is 0 Å². The summed E-state index contributed by atoms with van der Waals surface area (Å²) in [4.78, 5) is 32.5. The summed E-state index contributed by atoms with van der Waals surface area (Å²) >= 11 is 1.27. The normalized spacial score (nSPS) is 14.9. The van der Waals surface area contributed by atoms with E-state index in [0.717, 1.165) is 13.1 Å². The third-order valence-corrected chi connectivity index (χ3v) is 4.81. The van der Waals surface area contributed by atoms with Crippen LogP contribution in [0, 0.1) is 5.82 Å². The molecule has 26 heavy (non-hydrogen) atoms. The summed E-state index contributed by atoms with van der Waals surface area (Å²) in [5.74, 6) is -0.705. The molecule has 1 aliphatic rings. The van der Waals surface area contributed by atoms with Crippen LogP contribution in [0.4, 0.5) is 20.0 Å². The lowest BCUT2D eigenvalue weighted by atomic mass is 10.3. The number of benzene rings is 1. The van der Waals surface area contributed by atoms with Crippen LogP contribution in [-0.2, 0) is 11.2 Å². The number of anilines is 2. The van der Waals surface area contributed by atoms with Gasteiger partial charge in [0.1, 0.15) is 5.82 Å². The number of urea groups is 1. The number of carbonyl (C=O) groups excluding carboxylic acids is 2. The van der Waals surface area contributed by atoms with Gasteiger partial charge in [-0.25, -0.2) is 14.2 Å². The van der Waals surface area contributed by atoms with Gasteiger partial charge in [0.05, 0.1) is 12.1 Å². The molecule has 2 N–H and O–H groups in total. The molecule has 0 atom stereocenters. The Morgan fingerprint density at radius 2 is 2.00 bits per heavy atom. The highest BCUT2D eigenvalue weighted by atomic mass is 32.1. The molecule has 0 bridgehead atoms. The highest BCUT2D eigenvalue weighted by Gasteiger charge is 2.20. The number of amides is 3. The van der Waals surface area contributed by atoms with E-state index in [4.69, 9.17) is 0 Å². The predicted octanol–water partition coefficient (Wildman–Crippen LogP) is 2.24. The lowest BCUT2D eigenvalue weighted by molar-refractivity contribution is -0.115. The van der Waals surface area contributed by atoms with E-state index in [1.165, 1.54) is 29.5 Å². The van der Waals surface area contributed by atoms with Gasteiger partial charge in [0.25, 0.3) is 0 Å². The summed E-state index contributed by atoms with van der Waals surface area (Å²) in [7, 11) is 2.03. The van der Waals surface area contributed by atoms with Crippen LogP contribution in [0.2, 0.25) is 0 Å². The summed E-state index contributed by atoms with van der Waals surface area (Å²) in [6.45, 7) is 3.04. The van der Waals surface area contributed by atoms with Crippen molar-refractivity contribution in [3.63, 3.8) is 0 Å². The third kappa shape index (κ3) is 4.99. The number of hydrogen-bond donors (Lipinski definition) is 2. The molecule has 0 spiro atoms. The molecule has 1 aromatic carbocycles. The van der Waals surface area contributed by atoms with Gasteiger partial charge >= 0.3 is 6.03 Å². The largest absolute Gasteiger partial charge is 0.326 e. The second kappa shape index (κ2) is 8.24. The minimum absolute atomic E-state index is 0.0530. The van der Waals surface area contributed by atoms with Crippen molar-refractivity contribution in [3.8, 4) is 0 Å². The van der Waals surface area contributed by atoms with Crippen molar-refractivity contribution < 1.29 is 14.0 Å². The Bertz CT molecular complexity index is 789. The Morgan fingerprint density at radius 1 is 1.23 bits per heavy atom. The van der Waals surface area contributed by atoms with E-state index < -0.39 is 5.82 Å². The van der Waals surface area contributed by atoms with Crippen LogP contribution < -0.4 is 10.6 Å². The molecule has 0 saturated carbocycles. The zero-order valence-electron chi connectivity index (χ0n) is 14.4. The maximum absolute atomic E-state index is 13.1. The van der Waals surface area contributed by atoms with Crippen LogP contribution in [0.5, 0.6) is 0 Å². The van der Waals surface area contributed by atoms with Gasteiger partial charge in [-0.15, -0.1) is 11.3 Å². The Balaban J connectivity index is 1.51. The number of nitrogens with one attached hydrogen (secondary N) is 2. The van der Waals surface area contributed by atoms with Crippen molar-refractivity contribution in [1.82, 2.24) is 14.8 Å². The van der Waals surface area contributed by atoms with Crippen molar-refractivity contribution in [2.24, 2.45) is 0 Å². The van der Waals surface area contributed by atoms with Gasteiger partial charge in [0.15, 0.2) is 5.13 Å². The molecule has 9 heteroatoms. The van der Waals surface area contributed by atoms with Crippen LogP contribution in [0.25, 0.3) is 0 Å². The van der Waals surface area contributed by atoms with Gasteiger partial charge in [0, 0.05) is 37.2 Å². The van der Waals surface area contributed by atoms with E-state index in [9.17, 15) is 14.0 Å². The fourth-order valence-electron chi connectivity index (χ4n) is 2.56. The number of hydrogen-bond acceptors (Lipinski definition) is 5. The molecule has 1 saturated heterocycles. The third-order valence-electron chi connectivity index (χ3n) is 4.01. The minimum Gasteiger partial charge on any atom is -0.326 e. The van der Waals surface area contributed by atoms with Gasteiger partial charge in [-0.3, -0.25) is 10.1 Å². The first-order chi connectivity index (χ1) is 12.5. The molecule has 2 aromatic rings. The van der Waals surface area contributed by atoms with Crippen molar-refractivity contribution in [2.45, 2.75) is 6.42 Å². The van der Waals surface area contributed by atoms with Gasteiger partial charge in [0.2, 0.25) is 5.91 Å². The van der Waals surface area contributed by atoms with Crippen molar-refractivity contribution >= 4 is 34.1 Å². The van der Waals surface area contributed by atoms with Crippen molar-refractivity contribution in [3.05, 3.63) is 41.2 Å². The lowest BCUT2D eigenvalue weighted by Crippen LogP contribution is -2.48. The Kier molecular flexibility index (Phi) is 5.79. The van der Waals surface area contributed by atoms with Crippen LogP contribution >= 0.6 is 11.3 Å². The first kappa shape index (κ1) is 18.3. The molecular formula is C17H20FN5O2S. The number of likely N-dealkylation sites (N-methyl/N-ethyl adjacent to an activating group) is 1. The molecule has 1 fully saturated rings. The molecule has 1 aromatic heterocycles. The molecule has 0 radical (unpaired) electrons. The maximum atomic E-state index is 13.1. The average molecular weight is 377 g/mol. The fraction of sp³-hybridized carbons (Fsp3) is 0.353. The number of piperazine rings is 1. The molecule has 0 unspecified atom stereocenters. The van der Waals surface area contributed by atoms with E-state index in [1.54, 1.807) is 16.3 Å². The van der Waals surface area contributed by atoms with Crippen LogP contribution in [0.1, 0.15) is 5.69 Å². The number of rotatable bonds is 4. The molecule has 138 valence electrons. The number of aromatic nitrogens is 1. The van der Waals surface area contributed by atoms with Gasteiger partial charge in [-0.05, 0) is 25.2 Å². The van der Waals surface area contributed by atoms with Crippen LogP contribution in [-0.4, -0.2) is 59.9 Å². The molecule has 3 amide bonds. The van der Waals surface area contributed by atoms with Gasteiger partial charge in [-0.2, -0.15) is 0 Å². The summed E-state index contributed by atoms with van der Waals surface area (Å²) in [5.41, 5.74) is 0.950. The average Bonchev–Trinajstić information content (AvgIpc) is 3.02. The van der Waals surface area contributed by atoms with Crippen LogP contribution in [0.3, 0.4) is 0 Å². The monoisotopic (exact) mass is 377 g/mol. The minimum atomic E-state index is -0.412. The molecular weight excluding hydrogens is 357 g/mol. The molecule has 3 rings (SSSR count). The van der Waals surface area contributed by atoms with E-state index in [1.807, 2.05) is 7.05 Å². The Morgan fingerprint density at radius 3 is 2.73 bits per heavy atom. The number of nitrogens with zero attached hydrogens (tertiary/aromatic N) is 3. The zero-order chi connectivity index (χ0) is 18.5. The highest BCUT2D eigenvalue weighted by molar-refractivity contribution is 7.13. The molecule has 1 aliphatic heterocycles. The standard InChI is InChI=1S/C17H20FN5O2S/c1-22-5-7-23(8-6-22)17(25)21-16-20-14(11-26-16)10-15(24)19-13-4-2-3-12(18)9-13/h2-4,9,11H,5-8,10H2,1H3,(H,19,24)(H,20,21,25). The molecule has 0 aliphatic carbocycles. The van der Waals surface area contributed by atoms with E-state index in [0.29, 0.717) is 29.6 Å². The van der Waals surface area contributed by atoms with Gasteiger partial charge in [-0.1, -0.05) is 6.07 Å². The molecule has 7 nitrogen and oxygen atoms in total. The first-order valence-electron chi connectivity index (χ1n) is 8.24. The predicted molar refractivity (Wildman–Crippen MR) is 98.9 cm³/mol. The summed E-state index contributed by atoms with van der Waals surface area (Å²) in [6, 6.07) is 5.53. The number of thiazole rings is 1. The number of carbonyl (C=O) groups is 2. The fourth-order valence-corrected chi connectivity index (χ4v) is 3.26. The van der Waals surface area contributed by atoms with E-state index in [-0.39, 0.29) is 18.4 Å². The zero-order valence-corrected chi connectivity index (χ0v) is 15.2. The first-order valence-corrected chi connectivity index (χ1v) is 9.12. The Labute approximate surface area is 154 Å². The van der Waals surface area contributed by atoms with Crippen LogP contribution in [0.15, 0.2) is 29.6 Å². The summed E-state index contributed by atoms with van der Waals surface area (Å²) in [6.07, 6.45) is 0.0530. The van der Waals surface area contributed by atoms with Gasteiger partial charge < -0.3 is 15.1 Å².